The number of aromatic nitrogens is 7. The molecule has 3 heterocycles. The zero-order valence-electron chi connectivity index (χ0n) is 20.4. The highest BCUT2D eigenvalue weighted by Gasteiger charge is 2.31. The minimum absolute atomic E-state index is 0.000149. The van der Waals surface area contributed by atoms with E-state index in [9.17, 15) is 27.2 Å². The van der Waals surface area contributed by atoms with Crippen molar-refractivity contribution in [3.05, 3.63) is 68.8 Å². The first-order chi connectivity index (χ1) is 18.7. The Balaban J connectivity index is 1.79. The number of nitrogens with zero attached hydrogens (tertiary/aromatic N) is 7. The molecule has 0 aliphatic carbocycles. The highest BCUT2D eigenvalue weighted by Crippen LogP contribution is 2.39. The third kappa shape index (κ3) is 6.12. The molecule has 1 aromatic carbocycles. The van der Waals surface area contributed by atoms with Gasteiger partial charge in [-0.15, -0.1) is 10.2 Å². The molecule has 0 bridgehead atoms. The number of alkyl halides is 4. The molecule has 12 nitrogen and oxygen atoms in total. The maximum atomic E-state index is 13.7. The zero-order valence-corrected chi connectivity index (χ0v) is 21.9. The van der Waals surface area contributed by atoms with Gasteiger partial charge in [0.05, 0.1) is 21.4 Å². The largest absolute Gasteiger partial charge is 0.432 e. The van der Waals surface area contributed by atoms with Crippen LogP contribution in [0.25, 0.3) is 5.82 Å². The summed E-state index contributed by atoms with van der Waals surface area (Å²) in [6, 6.07) is 5.42. The molecule has 2 amide bonds. The SMILES string of the molecule is Cc1cc(Cl)c(NC(=O)c2cc(Cn3nnc(C(F)F)n3)nn2-c2ncccc2Cl)c(C(N)=O)c1OC(C)(F)F. The molecule has 210 valence electrons. The standard InChI is InChI=1S/C22H17Cl2F4N9O3/c1-9-6-12(24)15(14(18(29)38)16(9)40-22(2,27)28)31-21(39)13-7-10(8-36-34-19(17(25)26)32-35-36)33-37(13)20-11(23)4-3-5-30-20/h3-7,17H,8H2,1-2H3,(H2,29,38)(H,31,39). The van der Waals surface area contributed by atoms with Crippen LogP contribution in [0.1, 0.15) is 51.3 Å². The number of benzene rings is 1. The molecule has 18 heteroatoms. The molecular weight excluding hydrogens is 585 g/mol. The molecule has 0 fully saturated rings. The number of nitrogens with one attached hydrogen (secondary N) is 1. The van der Waals surface area contributed by atoms with Crippen LogP contribution in [0.3, 0.4) is 0 Å². The highest BCUT2D eigenvalue weighted by atomic mass is 35.5. The topological polar surface area (TPSA) is 156 Å². The van der Waals surface area contributed by atoms with Crippen molar-refractivity contribution in [3.8, 4) is 11.6 Å². The van der Waals surface area contributed by atoms with Crippen molar-refractivity contribution in [2.24, 2.45) is 5.73 Å². The monoisotopic (exact) mass is 601 g/mol. The summed E-state index contributed by atoms with van der Waals surface area (Å²) in [6.07, 6.45) is -5.29. The molecule has 40 heavy (non-hydrogen) atoms. The molecule has 0 atom stereocenters. The third-order valence-corrected chi connectivity index (χ3v) is 5.68. The van der Waals surface area contributed by atoms with E-state index in [2.05, 4.69) is 35.5 Å². The normalized spacial score (nSPS) is 11.6. The number of pyridine rings is 1. The number of ether oxygens (including phenoxy) is 1. The van der Waals surface area contributed by atoms with Crippen LogP contribution in [-0.4, -0.2) is 52.9 Å². The van der Waals surface area contributed by atoms with Crippen LogP contribution >= 0.6 is 23.2 Å². The van der Waals surface area contributed by atoms with E-state index in [1.54, 1.807) is 0 Å². The van der Waals surface area contributed by atoms with Crippen LogP contribution in [0, 0.1) is 6.92 Å². The lowest BCUT2D eigenvalue weighted by Gasteiger charge is -2.21. The van der Waals surface area contributed by atoms with E-state index in [1.807, 2.05) is 0 Å². The van der Waals surface area contributed by atoms with E-state index in [-0.39, 0.29) is 39.4 Å². The first-order valence-corrected chi connectivity index (χ1v) is 11.8. The van der Waals surface area contributed by atoms with Gasteiger partial charge < -0.3 is 15.8 Å². The summed E-state index contributed by atoms with van der Waals surface area (Å²) >= 11 is 12.5. The molecular formula is C22H17Cl2F4N9O3. The van der Waals surface area contributed by atoms with Gasteiger partial charge in [-0.05, 0) is 42.0 Å². The number of carbonyl (C=O) groups excluding carboxylic acids is 2. The number of anilines is 1. The average Bonchev–Trinajstić information content (AvgIpc) is 3.49. The van der Waals surface area contributed by atoms with Crippen LogP contribution in [0.15, 0.2) is 30.5 Å². The predicted octanol–water partition coefficient (Wildman–Crippen LogP) is 4.20. The molecule has 3 N–H and O–H groups in total. The van der Waals surface area contributed by atoms with Gasteiger partial charge in [-0.2, -0.15) is 18.7 Å². The highest BCUT2D eigenvalue weighted by molar-refractivity contribution is 6.35. The minimum atomic E-state index is -3.70. The number of amides is 2. The van der Waals surface area contributed by atoms with Gasteiger partial charge >= 0.3 is 12.5 Å². The van der Waals surface area contributed by atoms with Gasteiger partial charge in [0.25, 0.3) is 11.8 Å². The Kier molecular flexibility index (Phi) is 7.93. The number of hydrogen-bond acceptors (Lipinski definition) is 8. The van der Waals surface area contributed by atoms with Crippen molar-refractivity contribution in [1.29, 1.82) is 0 Å². The third-order valence-electron chi connectivity index (χ3n) is 5.08. The second-order valence-corrected chi connectivity index (χ2v) is 9.02. The van der Waals surface area contributed by atoms with Crippen molar-refractivity contribution in [2.75, 3.05) is 5.32 Å². The molecule has 4 aromatic rings. The molecule has 3 aromatic heterocycles. The summed E-state index contributed by atoms with van der Waals surface area (Å²) in [6.45, 7) is 1.51. The number of halogens is 6. The van der Waals surface area contributed by atoms with Crippen molar-refractivity contribution < 1.29 is 31.9 Å². The summed E-state index contributed by atoms with van der Waals surface area (Å²) in [5.74, 6) is -3.57. The van der Waals surface area contributed by atoms with E-state index in [4.69, 9.17) is 28.9 Å². The van der Waals surface area contributed by atoms with E-state index in [1.165, 1.54) is 37.4 Å². The molecule has 0 aliphatic rings. The first-order valence-electron chi connectivity index (χ1n) is 11.0. The van der Waals surface area contributed by atoms with E-state index >= 15 is 0 Å². The molecule has 0 unspecified atom stereocenters. The van der Waals surface area contributed by atoms with Crippen LogP contribution in [0.2, 0.25) is 10.0 Å². The number of primary amides is 1. The van der Waals surface area contributed by atoms with Gasteiger partial charge in [0.15, 0.2) is 5.82 Å². The summed E-state index contributed by atoms with van der Waals surface area (Å²) in [7, 11) is 0. The van der Waals surface area contributed by atoms with E-state index in [0.29, 0.717) is 6.92 Å². The van der Waals surface area contributed by atoms with Crippen molar-refractivity contribution >= 4 is 40.7 Å². The summed E-state index contributed by atoms with van der Waals surface area (Å²) in [5.41, 5.74) is 4.33. The van der Waals surface area contributed by atoms with E-state index < -0.39 is 47.2 Å². The van der Waals surface area contributed by atoms with Crippen molar-refractivity contribution in [2.45, 2.75) is 32.9 Å². The number of nitrogens with two attached hydrogens (primary N) is 1. The van der Waals surface area contributed by atoms with Gasteiger partial charge in [0, 0.05) is 13.1 Å². The fraction of sp³-hybridized carbons (Fsp3) is 0.227. The lowest BCUT2D eigenvalue weighted by molar-refractivity contribution is -0.159. The number of carbonyl (C=O) groups is 2. The molecule has 0 saturated carbocycles. The number of hydrogen-bond donors (Lipinski definition) is 2. The second kappa shape index (κ2) is 11.1. The maximum absolute atomic E-state index is 13.7. The summed E-state index contributed by atoms with van der Waals surface area (Å²) in [5, 5.41) is 16.8. The van der Waals surface area contributed by atoms with Crippen LogP contribution in [-0.2, 0) is 6.54 Å². The Morgan fingerprint density at radius 2 is 1.93 bits per heavy atom. The van der Waals surface area contributed by atoms with Crippen LogP contribution < -0.4 is 15.8 Å². The number of aryl methyl sites for hydroxylation is 1. The average molecular weight is 602 g/mol. The van der Waals surface area contributed by atoms with Gasteiger partial charge in [-0.25, -0.2) is 18.4 Å². The molecule has 0 saturated heterocycles. The fourth-order valence-electron chi connectivity index (χ4n) is 3.52. The summed E-state index contributed by atoms with van der Waals surface area (Å²) in [4.78, 5) is 30.7. The summed E-state index contributed by atoms with van der Waals surface area (Å²) < 4.78 is 58.8. The van der Waals surface area contributed by atoms with Crippen molar-refractivity contribution in [1.82, 2.24) is 35.0 Å². The first kappa shape index (κ1) is 28.7. The Hall–Kier alpha value is -4.31. The number of rotatable bonds is 9. The fourth-order valence-corrected chi connectivity index (χ4v) is 4.03. The zero-order chi connectivity index (χ0) is 29.4. The lowest BCUT2D eigenvalue weighted by atomic mass is 10.1. The Bertz CT molecular complexity index is 1600. The van der Waals surface area contributed by atoms with E-state index in [0.717, 1.165) is 9.48 Å². The smallest absolute Gasteiger partial charge is 0.394 e. The maximum Gasteiger partial charge on any atom is 0.394 e. The lowest BCUT2D eigenvalue weighted by Crippen LogP contribution is -2.25. The van der Waals surface area contributed by atoms with Crippen LogP contribution in [0.4, 0.5) is 23.2 Å². The Morgan fingerprint density at radius 3 is 2.52 bits per heavy atom. The Labute approximate surface area is 232 Å². The van der Waals surface area contributed by atoms with Crippen molar-refractivity contribution in [3.63, 3.8) is 0 Å². The predicted molar refractivity (Wildman–Crippen MR) is 132 cm³/mol. The quantitative estimate of drug-likeness (QED) is 0.270. The molecule has 0 spiro atoms. The van der Waals surface area contributed by atoms with Gasteiger partial charge in [-0.1, -0.05) is 23.2 Å². The molecule has 4 rings (SSSR count). The van der Waals surface area contributed by atoms with Gasteiger partial charge in [0.1, 0.15) is 23.6 Å². The minimum Gasteiger partial charge on any atom is -0.432 e. The number of tetrazole rings is 1. The molecule has 0 radical (unpaired) electrons. The molecule has 0 aliphatic heterocycles. The Morgan fingerprint density at radius 1 is 1.20 bits per heavy atom. The van der Waals surface area contributed by atoms with Gasteiger partial charge in [-0.3, -0.25) is 9.59 Å². The van der Waals surface area contributed by atoms with Gasteiger partial charge in [0.2, 0.25) is 5.82 Å². The van der Waals surface area contributed by atoms with Crippen LogP contribution in [0.5, 0.6) is 5.75 Å². The second-order valence-electron chi connectivity index (χ2n) is 8.20.